The molecule has 3 rings (SSSR count). The lowest BCUT2D eigenvalue weighted by atomic mass is 9.90. The average Bonchev–Trinajstić information content (AvgIpc) is 2.99. The number of hydrogen-bond acceptors (Lipinski definition) is 4. The van der Waals surface area contributed by atoms with Gasteiger partial charge in [0.05, 0.1) is 5.41 Å². The molecule has 1 fully saturated rings. The summed E-state index contributed by atoms with van der Waals surface area (Å²) >= 11 is 3.41. The van der Waals surface area contributed by atoms with Gasteiger partial charge in [-0.05, 0) is 44.2 Å². The molecular weight excluding hydrogens is 294 g/mol. The first kappa shape index (κ1) is 11.9. The largest absolute Gasteiger partial charge is 0.338 e. The van der Waals surface area contributed by atoms with Crippen molar-refractivity contribution in [1.29, 1.82) is 0 Å². The van der Waals surface area contributed by atoms with Crippen molar-refractivity contribution < 1.29 is 4.52 Å². The van der Waals surface area contributed by atoms with Crippen LogP contribution in [0, 0.1) is 0 Å². The van der Waals surface area contributed by atoms with Gasteiger partial charge in [0.15, 0.2) is 0 Å². The maximum Gasteiger partial charge on any atom is 0.234 e. The van der Waals surface area contributed by atoms with Crippen LogP contribution in [0.4, 0.5) is 0 Å². The van der Waals surface area contributed by atoms with E-state index < -0.39 is 0 Å². The van der Waals surface area contributed by atoms with Crippen LogP contribution in [-0.2, 0) is 5.41 Å². The zero-order valence-electron chi connectivity index (χ0n) is 10.1. The summed E-state index contributed by atoms with van der Waals surface area (Å²) in [4.78, 5) is 4.53. The summed E-state index contributed by atoms with van der Waals surface area (Å²) in [6, 6.07) is 7.91. The molecule has 1 aromatic heterocycles. The Morgan fingerprint density at radius 2 is 2.11 bits per heavy atom. The van der Waals surface area contributed by atoms with Crippen molar-refractivity contribution in [3.05, 3.63) is 34.6 Å². The molecular formula is C13H14BrN3O. The molecule has 1 aromatic carbocycles. The highest BCUT2D eigenvalue weighted by molar-refractivity contribution is 9.10. The number of hydrogen-bond donors (Lipinski definition) is 1. The molecule has 0 spiro atoms. The normalized spacial score (nSPS) is 23.4. The fraction of sp³-hybridized carbons (Fsp3) is 0.385. The number of halogens is 1. The van der Waals surface area contributed by atoms with E-state index >= 15 is 0 Å². The molecule has 1 aliphatic rings. The van der Waals surface area contributed by atoms with Gasteiger partial charge in [0.2, 0.25) is 11.7 Å². The number of benzene rings is 1. The van der Waals surface area contributed by atoms with Crippen molar-refractivity contribution in [3.63, 3.8) is 0 Å². The highest BCUT2D eigenvalue weighted by atomic mass is 79.9. The summed E-state index contributed by atoms with van der Waals surface area (Å²) in [6.45, 7) is 4.06. The van der Waals surface area contributed by atoms with Crippen molar-refractivity contribution in [2.45, 2.75) is 18.8 Å². The Balaban J connectivity index is 1.91. The average molecular weight is 308 g/mol. The third-order valence-corrected chi connectivity index (χ3v) is 3.94. The number of rotatable bonds is 2. The van der Waals surface area contributed by atoms with Crippen molar-refractivity contribution in [3.8, 4) is 11.4 Å². The second-order valence-corrected chi connectivity index (χ2v) is 5.83. The summed E-state index contributed by atoms with van der Waals surface area (Å²) in [5.41, 5.74) is 0.948. The predicted octanol–water partition coefficient (Wildman–Crippen LogP) is 2.75. The minimum atomic E-state index is -0.0272. The van der Waals surface area contributed by atoms with Gasteiger partial charge in [-0.25, -0.2) is 0 Å². The van der Waals surface area contributed by atoms with Crippen LogP contribution in [0.2, 0.25) is 0 Å². The summed E-state index contributed by atoms with van der Waals surface area (Å²) in [5, 5.41) is 7.41. The first-order valence-electron chi connectivity index (χ1n) is 5.98. The van der Waals surface area contributed by atoms with Gasteiger partial charge in [0, 0.05) is 16.6 Å². The van der Waals surface area contributed by atoms with Gasteiger partial charge in [-0.2, -0.15) is 4.98 Å². The minimum Gasteiger partial charge on any atom is -0.338 e. The Morgan fingerprint density at radius 1 is 1.33 bits per heavy atom. The number of nitrogens with zero attached hydrogens (tertiary/aromatic N) is 2. The molecule has 1 atom stereocenters. The molecule has 0 radical (unpaired) electrons. The lowest BCUT2D eigenvalue weighted by molar-refractivity contribution is 0.306. The van der Waals surface area contributed by atoms with Gasteiger partial charge in [-0.15, -0.1) is 0 Å². The molecule has 0 amide bonds. The van der Waals surface area contributed by atoms with E-state index in [1.165, 1.54) is 0 Å². The van der Waals surface area contributed by atoms with Crippen LogP contribution in [0.5, 0.6) is 0 Å². The number of nitrogens with one attached hydrogen (secondary N) is 1. The van der Waals surface area contributed by atoms with Gasteiger partial charge < -0.3 is 9.84 Å². The molecule has 94 valence electrons. The third-order valence-electron chi connectivity index (χ3n) is 3.41. The molecule has 1 unspecified atom stereocenters. The van der Waals surface area contributed by atoms with Gasteiger partial charge in [0.25, 0.3) is 0 Å². The van der Waals surface area contributed by atoms with E-state index in [-0.39, 0.29) is 5.41 Å². The van der Waals surface area contributed by atoms with Crippen molar-refractivity contribution >= 4 is 15.9 Å². The first-order chi connectivity index (χ1) is 8.67. The van der Waals surface area contributed by atoms with Crippen LogP contribution in [0.1, 0.15) is 19.2 Å². The topological polar surface area (TPSA) is 51.0 Å². The molecule has 0 bridgehead atoms. The Bertz CT molecular complexity index is 544. The number of aromatic nitrogens is 2. The van der Waals surface area contributed by atoms with E-state index in [9.17, 15) is 0 Å². The molecule has 1 N–H and O–H groups in total. The Labute approximate surface area is 114 Å². The second kappa shape index (κ2) is 4.48. The Kier molecular flexibility index (Phi) is 2.95. The van der Waals surface area contributed by atoms with Crippen LogP contribution < -0.4 is 5.32 Å². The molecule has 5 heteroatoms. The molecule has 2 heterocycles. The van der Waals surface area contributed by atoms with Crippen LogP contribution >= 0.6 is 15.9 Å². The second-order valence-electron chi connectivity index (χ2n) is 4.92. The Hall–Kier alpha value is -1.20. The predicted molar refractivity (Wildman–Crippen MR) is 72.3 cm³/mol. The van der Waals surface area contributed by atoms with E-state index in [4.69, 9.17) is 4.52 Å². The van der Waals surface area contributed by atoms with Gasteiger partial charge in [0.1, 0.15) is 0 Å². The van der Waals surface area contributed by atoms with Crippen molar-refractivity contribution in [2.24, 2.45) is 0 Å². The molecule has 4 nitrogen and oxygen atoms in total. The van der Waals surface area contributed by atoms with E-state index in [2.05, 4.69) is 38.3 Å². The smallest absolute Gasteiger partial charge is 0.234 e. The molecule has 1 saturated heterocycles. The minimum absolute atomic E-state index is 0.0272. The standard InChI is InChI=1S/C13H14BrN3O/c1-13(6-7-15-8-13)12-16-11(17-18-12)9-2-4-10(14)5-3-9/h2-5,15H,6-8H2,1H3. The van der Waals surface area contributed by atoms with E-state index in [0.717, 1.165) is 35.4 Å². The monoisotopic (exact) mass is 307 g/mol. The summed E-state index contributed by atoms with van der Waals surface area (Å²) in [7, 11) is 0. The lowest BCUT2D eigenvalue weighted by Crippen LogP contribution is -2.25. The molecule has 2 aromatic rings. The van der Waals surface area contributed by atoms with Crippen LogP contribution in [-0.4, -0.2) is 23.2 Å². The maximum absolute atomic E-state index is 5.42. The zero-order chi connectivity index (χ0) is 12.6. The van der Waals surface area contributed by atoms with Gasteiger partial charge in [-0.1, -0.05) is 21.1 Å². The zero-order valence-corrected chi connectivity index (χ0v) is 11.7. The molecule has 0 saturated carbocycles. The molecule has 18 heavy (non-hydrogen) atoms. The lowest BCUT2D eigenvalue weighted by Gasteiger charge is -2.15. The summed E-state index contributed by atoms with van der Waals surface area (Å²) < 4.78 is 6.47. The van der Waals surface area contributed by atoms with Crippen LogP contribution in [0.3, 0.4) is 0 Å². The third kappa shape index (κ3) is 2.08. The fourth-order valence-electron chi connectivity index (χ4n) is 2.18. The van der Waals surface area contributed by atoms with Crippen LogP contribution in [0.15, 0.2) is 33.3 Å². The quantitative estimate of drug-likeness (QED) is 0.927. The highest BCUT2D eigenvalue weighted by Gasteiger charge is 2.36. The fourth-order valence-corrected chi connectivity index (χ4v) is 2.45. The van der Waals surface area contributed by atoms with E-state index in [1.807, 2.05) is 24.3 Å². The SMILES string of the molecule is CC1(c2nc(-c3ccc(Br)cc3)no2)CCNC1. The van der Waals surface area contributed by atoms with Gasteiger partial charge in [-0.3, -0.25) is 0 Å². The first-order valence-corrected chi connectivity index (χ1v) is 6.78. The molecule has 0 aliphatic carbocycles. The van der Waals surface area contributed by atoms with Crippen molar-refractivity contribution in [2.75, 3.05) is 13.1 Å². The van der Waals surface area contributed by atoms with Crippen molar-refractivity contribution in [1.82, 2.24) is 15.5 Å². The maximum atomic E-state index is 5.42. The summed E-state index contributed by atoms with van der Waals surface area (Å²) in [6.07, 6.45) is 1.04. The highest BCUT2D eigenvalue weighted by Crippen LogP contribution is 2.30. The van der Waals surface area contributed by atoms with E-state index in [1.54, 1.807) is 0 Å². The molecule has 1 aliphatic heterocycles. The van der Waals surface area contributed by atoms with Crippen LogP contribution in [0.25, 0.3) is 11.4 Å². The Morgan fingerprint density at radius 3 is 2.78 bits per heavy atom. The van der Waals surface area contributed by atoms with Gasteiger partial charge >= 0.3 is 0 Å². The van der Waals surface area contributed by atoms with E-state index in [0.29, 0.717) is 5.82 Å². The summed E-state index contributed by atoms with van der Waals surface area (Å²) in [5.74, 6) is 1.39.